The van der Waals surface area contributed by atoms with Gasteiger partial charge in [0, 0.05) is 5.56 Å². The number of nitriles is 1. The average molecular weight is 257 g/mol. The Bertz CT molecular complexity index is 495. The Kier molecular flexibility index (Phi) is 4.72. The fourth-order valence-electron chi connectivity index (χ4n) is 1.42. The maximum atomic E-state index is 13.5. The Hall–Kier alpha value is -2.03. The molecule has 0 aliphatic carbocycles. The number of nitrogens with zero attached hydrogens (tertiary/aromatic N) is 1. The minimum atomic E-state index is -2.90. The highest BCUT2D eigenvalue weighted by atomic mass is 19.3. The van der Waals surface area contributed by atoms with Gasteiger partial charge in [-0.3, -0.25) is 4.79 Å². The van der Waals surface area contributed by atoms with E-state index in [4.69, 9.17) is 5.26 Å². The van der Waals surface area contributed by atoms with Gasteiger partial charge in [0.1, 0.15) is 5.82 Å². The van der Waals surface area contributed by atoms with Gasteiger partial charge in [-0.2, -0.15) is 5.26 Å². The van der Waals surface area contributed by atoms with E-state index < -0.39 is 35.8 Å². The number of alkyl halides is 2. The van der Waals surface area contributed by atoms with E-state index in [2.05, 4.69) is 4.74 Å². The fourth-order valence-corrected chi connectivity index (χ4v) is 1.42. The normalized spacial score (nSPS) is 10.2. The van der Waals surface area contributed by atoms with Crippen molar-refractivity contribution in [3.05, 3.63) is 34.6 Å². The van der Waals surface area contributed by atoms with Crippen molar-refractivity contribution in [2.24, 2.45) is 0 Å². The lowest BCUT2D eigenvalue weighted by Crippen LogP contribution is -2.10. The molecule has 0 aromatic heterocycles. The van der Waals surface area contributed by atoms with Crippen molar-refractivity contribution in [3.8, 4) is 6.07 Å². The number of hydrogen-bond acceptors (Lipinski definition) is 3. The van der Waals surface area contributed by atoms with E-state index in [1.807, 2.05) is 0 Å². The summed E-state index contributed by atoms with van der Waals surface area (Å²) in [6.07, 6.45) is -3.34. The number of ether oxygens (including phenoxy) is 1. The highest BCUT2D eigenvalue weighted by Gasteiger charge is 2.18. The molecule has 3 nitrogen and oxygen atoms in total. The minimum absolute atomic E-state index is 0.123. The Morgan fingerprint density at radius 1 is 1.50 bits per heavy atom. The van der Waals surface area contributed by atoms with Crippen LogP contribution in [0.25, 0.3) is 0 Å². The monoisotopic (exact) mass is 257 g/mol. The summed E-state index contributed by atoms with van der Waals surface area (Å²) in [6, 6.07) is 3.02. The van der Waals surface area contributed by atoms with Gasteiger partial charge in [-0.05, 0) is 24.6 Å². The Balaban J connectivity index is 3.10. The van der Waals surface area contributed by atoms with E-state index in [1.165, 1.54) is 6.07 Å². The predicted molar refractivity (Wildman–Crippen MR) is 56.4 cm³/mol. The molecule has 0 saturated carbocycles. The zero-order chi connectivity index (χ0) is 13.7. The first kappa shape index (κ1) is 14.0. The van der Waals surface area contributed by atoms with Crippen LogP contribution >= 0.6 is 0 Å². The molecule has 1 aromatic carbocycles. The molecule has 0 amide bonds. The molecular formula is C12H10F3NO2. The summed E-state index contributed by atoms with van der Waals surface area (Å²) in [5.41, 5.74) is -1.23. The van der Waals surface area contributed by atoms with Crippen LogP contribution in [0.2, 0.25) is 0 Å². The van der Waals surface area contributed by atoms with E-state index in [-0.39, 0.29) is 12.2 Å². The van der Waals surface area contributed by atoms with E-state index in [9.17, 15) is 18.0 Å². The largest absolute Gasteiger partial charge is 0.466 e. The van der Waals surface area contributed by atoms with E-state index in [0.717, 1.165) is 6.07 Å². The zero-order valence-electron chi connectivity index (χ0n) is 9.54. The second-order valence-electron chi connectivity index (χ2n) is 3.43. The summed E-state index contributed by atoms with van der Waals surface area (Å²) in [5, 5.41) is 8.61. The third-order valence-corrected chi connectivity index (χ3v) is 2.21. The first-order valence-electron chi connectivity index (χ1n) is 5.15. The van der Waals surface area contributed by atoms with E-state index in [1.54, 1.807) is 6.92 Å². The lowest BCUT2D eigenvalue weighted by Gasteiger charge is -2.08. The van der Waals surface area contributed by atoms with E-state index in [0.29, 0.717) is 6.07 Å². The van der Waals surface area contributed by atoms with Crippen LogP contribution in [0.1, 0.15) is 30.0 Å². The number of rotatable bonds is 4. The van der Waals surface area contributed by atoms with Gasteiger partial charge in [-0.15, -0.1) is 0 Å². The second-order valence-corrected chi connectivity index (χ2v) is 3.43. The lowest BCUT2D eigenvalue weighted by molar-refractivity contribution is -0.142. The fraction of sp³-hybridized carbons (Fsp3) is 0.333. The maximum absolute atomic E-state index is 13.5. The summed E-state index contributed by atoms with van der Waals surface area (Å²) in [5.74, 6) is -1.58. The van der Waals surface area contributed by atoms with Gasteiger partial charge < -0.3 is 4.74 Å². The number of carbonyl (C=O) groups excluding carboxylic acids is 1. The SMILES string of the molecule is CCOC(=O)Cc1cc(C(F)F)c(C#N)cc1F. The van der Waals surface area contributed by atoms with Crippen molar-refractivity contribution in [1.82, 2.24) is 0 Å². The van der Waals surface area contributed by atoms with Crippen molar-refractivity contribution in [2.75, 3.05) is 6.61 Å². The summed E-state index contributed by atoms with van der Waals surface area (Å²) in [6.45, 7) is 1.70. The molecule has 0 aliphatic rings. The molecule has 0 bridgehead atoms. The molecule has 1 aromatic rings. The molecular weight excluding hydrogens is 247 g/mol. The number of halogens is 3. The number of hydrogen-bond donors (Lipinski definition) is 0. The molecule has 0 unspecified atom stereocenters. The maximum Gasteiger partial charge on any atom is 0.310 e. The molecule has 0 spiro atoms. The van der Waals surface area contributed by atoms with Gasteiger partial charge in [0.25, 0.3) is 6.43 Å². The van der Waals surface area contributed by atoms with Crippen LogP contribution < -0.4 is 0 Å². The molecule has 0 N–H and O–H groups in total. The lowest BCUT2D eigenvalue weighted by atomic mass is 10.0. The summed E-state index contributed by atoms with van der Waals surface area (Å²) in [4.78, 5) is 11.2. The molecule has 0 fully saturated rings. The number of benzene rings is 1. The Morgan fingerprint density at radius 3 is 2.67 bits per heavy atom. The quantitative estimate of drug-likeness (QED) is 0.779. The van der Waals surface area contributed by atoms with Crippen LogP contribution in [0.3, 0.4) is 0 Å². The van der Waals surface area contributed by atoms with Gasteiger partial charge in [0.2, 0.25) is 0 Å². The molecule has 0 atom stereocenters. The highest BCUT2D eigenvalue weighted by molar-refractivity contribution is 5.72. The van der Waals surface area contributed by atoms with Crippen molar-refractivity contribution in [2.45, 2.75) is 19.8 Å². The number of esters is 1. The van der Waals surface area contributed by atoms with Crippen LogP contribution in [-0.4, -0.2) is 12.6 Å². The van der Waals surface area contributed by atoms with Crippen molar-refractivity contribution in [3.63, 3.8) is 0 Å². The summed E-state index contributed by atoms with van der Waals surface area (Å²) >= 11 is 0. The second kappa shape index (κ2) is 6.05. The van der Waals surface area contributed by atoms with E-state index >= 15 is 0 Å². The molecule has 1 rings (SSSR count). The third-order valence-electron chi connectivity index (χ3n) is 2.21. The molecule has 0 aliphatic heterocycles. The molecule has 96 valence electrons. The number of carbonyl (C=O) groups is 1. The average Bonchev–Trinajstić information content (AvgIpc) is 2.31. The van der Waals surface area contributed by atoms with Gasteiger partial charge in [0.15, 0.2) is 0 Å². The smallest absolute Gasteiger partial charge is 0.310 e. The molecule has 0 heterocycles. The topological polar surface area (TPSA) is 50.1 Å². The standard InChI is InChI=1S/C12H10F3NO2/c1-2-18-11(17)5-7-3-9(12(14)15)8(6-16)4-10(7)13/h3-4,12H,2,5H2,1H3. The summed E-state index contributed by atoms with van der Waals surface area (Å²) in [7, 11) is 0. The van der Waals surface area contributed by atoms with Crippen LogP contribution in [-0.2, 0) is 16.0 Å². The van der Waals surface area contributed by atoms with Crippen LogP contribution in [0.15, 0.2) is 12.1 Å². The molecule has 0 radical (unpaired) electrons. The first-order chi connectivity index (χ1) is 8.49. The van der Waals surface area contributed by atoms with Crippen LogP contribution in [0.5, 0.6) is 0 Å². The van der Waals surface area contributed by atoms with Gasteiger partial charge >= 0.3 is 5.97 Å². The van der Waals surface area contributed by atoms with Crippen LogP contribution in [0, 0.1) is 17.1 Å². The molecule has 18 heavy (non-hydrogen) atoms. The van der Waals surface area contributed by atoms with Crippen molar-refractivity contribution in [1.29, 1.82) is 5.26 Å². The van der Waals surface area contributed by atoms with Gasteiger partial charge in [0.05, 0.1) is 24.7 Å². The summed E-state index contributed by atoms with van der Waals surface area (Å²) < 4.78 is 43.3. The predicted octanol–water partition coefficient (Wildman–Crippen LogP) is 2.74. The minimum Gasteiger partial charge on any atom is -0.466 e. The molecule has 0 saturated heterocycles. The van der Waals surface area contributed by atoms with Crippen molar-refractivity contribution >= 4 is 5.97 Å². The Morgan fingerprint density at radius 2 is 2.17 bits per heavy atom. The highest BCUT2D eigenvalue weighted by Crippen LogP contribution is 2.25. The Labute approximate surface area is 102 Å². The zero-order valence-corrected chi connectivity index (χ0v) is 9.54. The van der Waals surface area contributed by atoms with Crippen molar-refractivity contribution < 1.29 is 22.7 Å². The van der Waals surface area contributed by atoms with Crippen LogP contribution in [0.4, 0.5) is 13.2 Å². The van der Waals surface area contributed by atoms with Gasteiger partial charge in [-0.1, -0.05) is 0 Å². The van der Waals surface area contributed by atoms with Gasteiger partial charge in [-0.25, -0.2) is 13.2 Å². The molecule has 6 heteroatoms. The third kappa shape index (κ3) is 3.23. The first-order valence-corrected chi connectivity index (χ1v) is 5.15.